The molecule has 1 aliphatic rings. The second-order valence-electron chi connectivity index (χ2n) is 3.18. The minimum Gasteiger partial charge on any atom is -0.508 e. The highest BCUT2D eigenvalue weighted by molar-refractivity contribution is 6.31. The van der Waals surface area contributed by atoms with Crippen LogP contribution in [0.1, 0.15) is 17.9 Å². The van der Waals surface area contributed by atoms with Crippen molar-refractivity contribution in [2.75, 3.05) is 0 Å². The smallest absolute Gasteiger partial charge is 0.120 e. The van der Waals surface area contributed by atoms with E-state index in [2.05, 4.69) is 0 Å². The van der Waals surface area contributed by atoms with Crippen LogP contribution >= 0.6 is 11.6 Å². The number of hydrogen-bond acceptors (Lipinski definition) is 2. The molecule has 0 spiro atoms. The van der Waals surface area contributed by atoms with Gasteiger partial charge in [-0.3, -0.25) is 0 Å². The van der Waals surface area contributed by atoms with Gasteiger partial charge >= 0.3 is 0 Å². The molecule has 0 radical (unpaired) electrons. The number of rotatable bonds is 1. The Morgan fingerprint density at radius 3 is 2.67 bits per heavy atom. The van der Waals surface area contributed by atoms with Crippen molar-refractivity contribution >= 4 is 11.6 Å². The summed E-state index contributed by atoms with van der Waals surface area (Å²) in [6.07, 6.45) is 0.928. The molecule has 1 fully saturated rings. The van der Waals surface area contributed by atoms with Crippen LogP contribution in [0.25, 0.3) is 0 Å². The molecule has 0 aromatic heterocycles. The molecule has 3 N–H and O–H groups in total. The highest BCUT2D eigenvalue weighted by Crippen LogP contribution is 2.46. The third-order valence-electron chi connectivity index (χ3n) is 2.24. The van der Waals surface area contributed by atoms with Gasteiger partial charge in [0.1, 0.15) is 5.75 Å². The van der Waals surface area contributed by atoms with Crippen LogP contribution in [0.5, 0.6) is 5.75 Å². The Kier molecular flexibility index (Phi) is 1.74. The zero-order valence-corrected chi connectivity index (χ0v) is 7.25. The summed E-state index contributed by atoms with van der Waals surface area (Å²) in [6.45, 7) is 0. The summed E-state index contributed by atoms with van der Waals surface area (Å²) in [6, 6.07) is 5.33. The summed E-state index contributed by atoms with van der Waals surface area (Å²) < 4.78 is 0. The van der Waals surface area contributed by atoms with Crippen LogP contribution in [0.4, 0.5) is 0 Å². The zero-order valence-electron chi connectivity index (χ0n) is 6.50. The standard InChI is InChI=1S/C9H10ClNO/c10-6-2-1-3-8(12)9(6)5-4-7(5)11/h1-3,5,7,12H,4,11H2/t5-,7-/m1/s1. The van der Waals surface area contributed by atoms with E-state index in [-0.39, 0.29) is 17.7 Å². The molecule has 2 rings (SSSR count). The molecule has 1 aliphatic carbocycles. The Morgan fingerprint density at radius 1 is 1.50 bits per heavy atom. The first kappa shape index (κ1) is 7.90. The van der Waals surface area contributed by atoms with Gasteiger partial charge in [0.25, 0.3) is 0 Å². The lowest BCUT2D eigenvalue weighted by atomic mass is 10.1. The molecule has 64 valence electrons. The molecule has 0 heterocycles. The predicted molar refractivity (Wildman–Crippen MR) is 48.5 cm³/mol. The second-order valence-corrected chi connectivity index (χ2v) is 3.59. The van der Waals surface area contributed by atoms with Crippen molar-refractivity contribution in [1.29, 1.82) is 0 Å². The first-order valence-electron chi connectivity index (χ1n) is 3.93. The second kappa shape index (κ2) is 2.64. The number of nitrogens with two attached hydrogens (primary N) is 1. The van der Waals surface area contributed by atoms with E-state index < -0.39 is 0 Å². The van der Waals surface area contributed by atoms with E-state index in [0.717, 1.165) is 12.0 Å². The minimum atomic E-state index is 0.177. The van der Waals surface area contributed by atoms with Crippen molar-refractivity contribution in [2.45, 2.75) is 18.4 Å². The number of benzene rings is 1. The van der Waals surface area contributed by atoms with Gasteiger partial charge in [0, 0.05) is 22.5 Å². The van der Waals surface area contributed by atoms with E-state index in [1.807, 2.05) is 0 Å². The Hall–Kier alpha value is -0.730. The monoisotopic (exact) mass is 183 g/mol. The molecule has 0 bridgehead atoms. The van der Waals surface area contributed by atoms with Crippen molar-refractivity contribution in [2.24, 2.45) is 5.73 Å². The molecular weight excluding hydrogens is 174 g/mol. The van der Waals surface area contributed by atoms with Crippen molar-refractivity contribution in [3.8, 4) is 5.75 Å². The van der Waals surface area contributed by atoms with Crippen LogP contribution in [-0.2, 0) is 0 Å². The summed E-state index contributed by atoms with van der Waals surface area (Å²) >= 11 is 5.91. The van der Waals surface area contributed by atoms with E-state index in [1.54, 1.807) is 18.2 Å². The molecule has 1 aromatic carbocycles. The number of hydrogen-bond donors (Lipinski definition) is 2. The highest BCUT2D eigenvalue weighted by atomic mass is 35.5. The van der Waals surface area contributed by atoms with Gasteiger partial charge in [-0.15, -0.1) is 0 Å². The Bertz CT molecular complexity index is 293. The van der Waals surface area contributed by atoms with Crippen LogP contribution in [0, 0.1) is 0 Å². The van der Waals surface area contributed by atoms with Crippen LogP contribution in [0.15, 0.2) is 18.2 Å². The van der Waals surface area contributed by atoms with Crippen LogP contribution < -0.4 is 5.73 Å². The molecule has 0 aliphatic heterocycles. The van der Waals surface area contributed by atoms with Gasteiger partial charge in [-0.05, 0) is 18.6 Å². The summed E-state index contributed by atoms with van der Waals surface area (Å²) in [5, 5.41) is 10.1. The fraction of sp³-hybridized carbons (Fsp3) is 0.333. The fourth-order valence-corrected chi connectivity index (χ4v) is 1.75. The van der Waals surface area contributed by atoms with Crippen LogP contribution in [0.3, 0.4) is 0 Å². The van der Waals surface area contributed by atoms with Crippen LogP contribution in [0.2, 0.25) is 5.02 Å². The Labute approximate surface area is 76.0 Å². The third kappa shape index (κ3) is 1.17. The van der Waals surface area contributed by atoms with Crippen molar-refractivity contribution in [1.82, 2.24) is 0 Å². The molecule has 0 saturated heterocycles. The fourth-order valence-electron chi connectivity index (χ4n) is 1.44. The van der Waals surface area contributed by atoms with E-state index in [1.165, 1.54) is 0 Å². The van der Waals surface area contributed by atoms with E-state index in [9.17, 15) is 5.11 Å². The maximum Gasteiger partial charge on any atom is 0.120 e. The van der Waals surface area contributed by atoms with E-state index in [4.69, 9.17) is 17.3 Å². The quantitative estimate of drug-likeness (QED) is 0.698. The lowest BCUT2D eigenvalue weighted by Gasteiger charge is -2.04. The summed E-state index contributed by atoms with van der Waals surface area (Å²) in [7, 11) is 0. The molecule has 0 amide bonds. The number of phenols is 1. The van der Waals surface area contributed by atoms with Gasteiger partial charge in [0.05, 0.1) is 0 Å². The van der Waals surface area contributed by atoms with Gasteiger partial charge in [0.15, 0.2) is 0 Å². The van der Waals surface area contributed by atoms with Gasteiger partial charge in [0.2, 0.25) is 0 Å². The van der Waals surface area contributed by atoms with Crippen molar-refractivity contribution in [3.05, 3.63) is 28.8 Å². The molecule has 0 unspecified atom stereocenters. The molecule has 1 aromatic rings. The summed E-state index contributed by atoms with van der Waals surface area (Å²) in [4.78, 5) is 0. The number of phenolic OH excluding ortho intramolecular Hbond substituents is 1. The van der Waals surface area contributed by atoms with Gasteiger partial charge in [-0.1, -0.05) is 17.7 Å². The SMILES string of the molecule is N[C@@H]1C[C@H]1c1c(O)cccc1Cl. The average molecular weight is 184 g/mol. The lowest BCUT2D eigenvalue weighted by molar-refractivity contribution is 0.468. The molecular formula is C9H10ClNO. The maximum absolute atomic E-state index is 9.48. The van der Waals surface area contributed by atoms with Gasteiger partial charge < -0.3 is 10.8 Å². The van der Waals surface area contributed by atoms with Crippen molar-refractivity contribution in [3.63, 3.8) is 0 Å². The van der Waals surface area contributed by atoms with Gasteiger partial charge in [-0.25, -0.2) is 0 Å². The third-order valence-corrected chi connectivity index (χ3v) is 2.57. The minimum absolute atomic E-state index is 0.177. The Morgan fingerprint density at radius 2 is 2.17 bits per heavy atom. The maximum atomic E-state index is 9.48. The molecule has 2 nitrogen and oxygen atoms in total. The van der Waals surface area contributed by atoms with Gasteiger partial charge in [-0.2, -0.15) is 0 Å². The molecule has 1 saturated carbocycles. The molecule has 2 atom stereocenters. The van der Waals surface area contributed by atoms with E-state index in [0.29, 0.717) is 5.02 Å². The average Bonchev–Trinajstić information content (AvgIpc) is 2.67. The van der Waals surface area contributed by atoms with Crippen LogP contribution in [-0.4, -0.2) is 11.1 Å². The number of aromatic hydroxyl groups is 1. The first-order valence-corrected chi connectivity index (χ1v) is 4.31. The summed E-state index contributed by atoms with van der Waals surface area (Å²) in [5.41, 5.74) is 6.48. The highest BCUT2D eigenvalue weighted by Gasteiger charge is 2.37. The normalized spacial score (nSPS) is 27.2. The topological polar surface area (TPSA) is 46.2 Å². The first-order chi connectivity index (χ1) is 5.70. The zero-order chi connectivity index (χ0) is 8.72. The largest absolute Gasteiger partial charge is 0.508 e. The van der Waals surface area contributed by atoms with Crippen molar-refractivity contribution < 1.29 is 5.11 Å². The molecule has 3 heteroatoms. The lowest BCUT2D eigenvalue weighted by Crippen LogP contribution is -2.01. The number of halogens is 1. The van der Waals surface area contributed by atoms with E-state index >= 15 is 0 Å². The molecule has 12 heavy (non-hydrogen) atoms. The predicted octanol–water partition coefficient (Wildman–Crippen LogP) is 1.86. The Balaban J connectivity index is 2.41. The summed E-state index contributed by atoms with van der Waals surface area (Å²) in [5.74, 6) is 0.527.